The van der Waals surface area contributed by atoms with E-state index in [0.29, 0.717) is 17.2 Å². The molecule has 0 amide bonds. The summed E-state index contributed by atoms with van der Waals surface area (Å²) in [6.45, 7) is 3.69. The summed E-state index contributed by atoms with van der Waals surface area (Å²) in [7, 11) is 0. The summed E-state index contributed by atoms with van der Waals surface area (Å²) in [5, 5.41) is 10.0. The first kappa shape index (κ1) is 18.5. The van der Waals surface area contributed by atoms with E-state index in [2.05, 4.69) is 14.9 Å². The maximum Gasteiger partial charge on any atom is 0.153 e. The number of anilines is 1. The van der Waals surface area contributed by atoms with Gasteiger partial charge in [-0.1, -0.05) is 6.42 Å². The van der Waals surface area contributed by atoms with Crippen LogP contribution < -0.4 is 10.6 Å². The van der Waals surface area contributed by atoms with E-state index in [1.54, 1.807) is 0 Å². The molecule has 0 radical (unpaired) electrons. The molecule has 1 saturated carbocycles. The highest BCUT2D eigenvalue weighted by Crippen LogP contribution is 2.46. The highest BCUT2D eigenvalue weighted by Gasteiger charge is 2.43. The highest BCUT2D eigenvalue weighted by atomic mass is 16.3. The second-order valence-electron chi connectivity index (χ2n) is 8.57. The van der Waals surface area contributed by atoms with Gasteiger partial charge in [-0.3, -0.25) is 4.98 Å². The molecule has 0 bridgehead atoms. The fourth-order valence-electron chi connectivity index (χ4n) is 5.19. The summed E-state index contributed by atoms with van der Waals surface area (Å²) in [5.41, 5.74) is 11.8. The number of H-pyrrole nitrogens is 1. The minimum absolute atomic E-state index is 0.130. The molecule has 3 aromatic heterocycles. The Bertz CT molecular complexity index is 1040. The van der Waals surface area contributed by atoms with Crippen LogP contribution >= 0.6 is 0 Å². The fraction of sp³-hybridized carbons (Fsp3) is 0.500. The van der Waals surface area contributed by atoms with Crippen molar-refractivity contribution in [1.82, 2.24) is 19.9 Å². The van der Waals surface area contributed by atoms with E-state index in [-0.39, 0.29) is 6.61 Å². The predicted molar refractivity (Wildman–Crippen MR) is 113 cm³/mol. The van der Waals surface area contributed by atoms with Crippen LogP contribution in [-0.2, 0) is 6.61 Å². The van der Waals surface area contributed by atoms with Crippen LogP contribution in [0.1, 0.15) is 43.5 Å². The Labute approximate surface area is 170 Å². The lowest BCUT2D eigenvalue weighted by Crippen LogP contribution is -2.47. The molecule has 4 heterocycles. The van der Waals surface area contributed by atoms with Gasteiger partial charge in [0, 0.05) is 37.1 Å². The van der Waals surface area contributed by atoms with Gasteiger partial charge in [-0.2, -0.15) is 0 Å². The number of aromatic amines is 1. The average Bonchev–Trinajstić information content (AvgIpc) is 3.35. The summed E-state index contributed by atoms with van der Waals surface area (Å²) in [6, 6.07) is 4.30. The molecule has 152 valence electrons. The first-order chi connectivity index (χ1) is 14.1. The Morgan fingerprint density at radius 2 is 2.10 bits per heavy atom. The number of nitrogens with zero attached hydrogens (tertiary/aromatic N) is 4. The molecular formula is C22H28N6O. The minimum atomic E-state index is -0.130. The van der Waals surface area contributed by atoms with E-state index in [4.69, 9.17) is 15.7 Å². The molecule has 2 aliphatic rings. The van der Waals surface area contributed by atoms with E-state index in [1.807, 2.05) is 31.5 Å². The smallest absolute Gasteiger partial charge is 0.153 e. The molecule has 5 rings (SSSR count). The van der Waals surface area contributed by atoms with Gasteiger partial charge in [-0.15, -0.1) is 0 Å². The van der Waals surface area contributed by atoms with Gasteiger partial charge >= 0.3 is 0 Å². The van der Waals surface area contributed by atoms with Gasteiger partial charge in [-0.05, 0) is 50.2 Å². The largest absolute Gasteiger partial charge is 0.390 e. The zero-order valence-corrected chi connectivity index (χ0v) is 16.9. The quantitative estimate of drug-likeness (QED) is 0.633. The van der Waals surface area contributed by atoms with Crippen molar-refractivity contribution in [2.75, 3.05) is 18.0 Å². The monoisotopic (exact) mass is 392 g/mol. The van der Waals surface area contributed by atoms with Gasteiger partial charge in [0.15, 0.2) is 5.82 Å². The number of aliphatic hydroxyl groups is 1. The molecule has 0 unspecified atom stereocenters. The molecule has 29 heavy (non-hydrogen) atoms. The van der Waals surface area contributed by atoms with Crippen molar-refractivity contribution in [3.63, 3.8) is 0 Å². The van der Waals surface area contributed by atoms with Gasteiger partial charge in [0.2, 0.25) is 0 Å². The van der Waals surface area contributed by atoms with E-state index in [0.717, 1.165) is 66.2 Å². The minimum Gasteiger partial charge on any atom is -0.390 e. The van der Waals surface area contributed by atoms with E-state index in [1.165, 1.54) is 12.8 Å². The summed E-state index contributed by atoms with van der Waals surface area (Å²) >= 11 is 0. The Kier molecular flexibility index (Phi) is 4.52. The molecule has 1 saturated heterocycles. The third-order valence-electron chi connectivity index (χ3n) is 6.98. The van der Waals surface area contributed by atoms with Crippen molar-refractivity contribution in [2.24, 2.45) is 11.1 Å². The van der Waals surface area contributed by atoms with Gasteiger partial charge in [-0.25, -0.2) is 9.97 Å². The van der Waals surface area contributed by atoms with Gasteiger partial charge < -0.3 is 20.7 Å². The van der Waals surface area contributed by atoms with Gasteiger partial charge in [0.25, 0.3) is 0 Å². The zero-order valence-electron chi connectivity index (χ0n) is 16.9. The molecule has 0 aromatic carbocycles. The number of rotatable bonds is 3. The number of aliphatic hydroxyl groups excluding tert-OH is 1. The topological polar surface area (TPSA) is 104 Å². The number of nitrogens with one attached hydrogen (secondary N) is 1. The molecule has 1 atom stereocenters. The average molecular weight is 393 g/mol. The number of nitrogens with two attached hydrogens (primary N) is 1. The van der Waals surface area contributed by atoms with Gasteiger partial charge in [0.05, 0.1) is 29.0 Å². The molecule has 7 nitrogen and oxygen atoms in total. The van der Waals surface area contributed by atoms with Crippen molar-refractivity contribution in [1.29, 1.82) is 0 Å². The normalized spacial score (nSPS) is 21.3. The Morgan fingerprint density at radius 3 is 2.83 bits per heavy atom. The maximum absolute atomic E-state index is 10.0. The van der Waals surface area contributed by atoms with Crippen LogP contribution in [0.3, 0.4) is 0 Å². The summed E-state index contributed by atoms with van der Waals surface area (Å²) in [6.07, 6.45) is 9.52. The number of pyridine rings is 1. The van der Waals surface area contributed by atoms with Crippen LogP contribution in [0.4, 0.5) is 5.82 Å². The summed E-state index contributed by atoms with van der Waals surface area (Å²) in [5.74, 6) is 0.809. The van der Waals surface area contributed by atoms with Crippen molar-refractivity contribution in [3.8, 4) is 11.3 Å². The summed E-state index contributed by atoms with van der Waals surface area (Å²) < 4.78 is 0. The number of hydrogen-bond acceptors (Lipinski definition) is 6. The first-order valence-electron chi connectivity index (χ1n) is 10.5. The zero-order chi connectivity index (χ0) is 20.0. The number of aryl methyl sites for hydroxylation is 1. The Balaban J connectivity index is 1.45. The molecular weight excluding hydrogens is 364 g/mol. The SMILES string of the molecule is Cc1nc(N2CCC3(CCC[C@H]3N)CC2)c(CO)nc1-c1cnc2cc[nH]c2c1. The molecule has 4 N–H and O–H groups in total. The molecule has 3 aromatic rings. The molecule has 1 aliphatic carbocycles. The molecule has 1 spiro atoms. The van der Waals surface area contributed by atoms with Crippen LogP contribution in [-0.4, -0.2) is 44.2 Å². The lowest BCUT2D eigenvalue weighted by Gasteiger charge is -2.42. The van der Waals surface area contributed by atoms with Crippen LogP contribution in [0.25, 0.3) is 22.3 Å². The third kappa shape index (κ3) is 3.09. The van der Waals surface area contributed by atoms with Crippen molar-refractivity contribution >= 4 is 16.9 Å². The van der Waals surface area contributed by atoms with Crippen LogP contribution in [0.15, 0.2) is 24.5 Å². The lowest BCUT2D eigenvalue weighted by molar-refractivity contribution is 0.196. The Morgan fingerprint density at radius 1 is 1.28 bits per heavy atom. The number of fused-ring (bicyclic) bond motifs is 1. The standard InChI is InChI=1S/C22H28N6O/c1-14-20(15-11-17-16(25-12-15)4-8-24-17)27-18(13-29)21(26-14)28-9-6-22(7-10-28)5-2-3-19(22)23/h4,8,11-12,19,24,29H,2-3,5-7,9-10,13,23H2,1H3/t19-/m1/s1. The molecule has 1 aliphatic heterocycles. The second kappa shape index (κ2) is 7.07. The maximum atomic E-state index is 10.0. The van der Waals surface area contributed by atoms with E-state index < -0.39 is 0 Å². The van der Waals surface area contributed by atoms with E-state index in [9.17, 15) is 5.11 Å². The molecule has 2 fully saturated rings. The van der Waals surface area contributed by atoms with Crippen LogP contribution in [0, 0.1) is 12.3 Å². The Hall–Kier alpha value is -2.51. The van der Waals surface area contributed by atoms with Gasteiger partial charge in [0.1, 0.15) is 5.69 Å². The van der Waals surface area contributed by atoms with Crippen LogP contribution in [0.2, 0.25) is 0 Å². The van der Waals surface area contributed by atoms with Crippen molar-refractivity contribution < 1.29 is 5.11 Å². The lowest BCUT2D eigenvalue weighted by atomic mass is 9.74. The third-order valence-corrected chi connectivity index (χ3v) is 6.98. The van der Waals surface area contributed by atoms with E-state index >= 15 is 0 Å². The summed E-state index contributed by atoms with van der Waals surface area (Å²) in [4.78, 5) is 19.6. The highest BCUT2D eigenvalue weighted by molar-refractivity contribution is 5.80. The van der Waals surface area contributed by atoms with Crippen LogP contribution in [0.5, 0.6) is 0 Å². The fourth-order valence-corrected chi connectivity index (χ4v) is 5.19. The predicted octanol–water partition coefficient (Wildman–Crippen LogP) is 2.92. The number of piperidine rings is 1. The van der Waals surface area contributed by atoms with Crippen molar-refractivity contribution in [3.05, 3.63) is 35.9 Å². The molecule has 7 heteroatoms. The van der Waals surface area contributed by atoms with Crippen molar-refractivity contribution in [2.45, 2.75) is 51.7 Å². The number of hydrogen-bond donors (Lipinski definition) is 3. The second-order valence-corrected chi connectivity index (χ2v) is 8.57. The first-order valence-corrected chi connectivity index (χ1v) is 10.5. The number of aromatic nitrogens is 4.